The summed E-state index contributed by atoms with van der Waals surface area (Å²) in [6.45, 7) is 1.62. The molecule has 1 fully saturated rings. The molecule has 0 spiro atoms. The second kappa shape index (κ2) is 6.20. The fraction of sp³-hybridized carbons (Fsp3) is 0.538. The number of anilines is 1. The van der Waals surface area contributed by atoms with Crippen LogP contribution in [0.15, 0.2) is 18.2 Å². The first-order valence-electron chi connectivity index (χ1n) is 6.95. The Morgan fingerprint density at radius 1 is 1.33 bits per heavy atom. The monoisotopic (exact) mass is 367 g/mol. The number of piperazine rings is 1. The molecule has 134 valence electrons. The maximum Gasteiger partial charge on any atom is 0.418 e. The molecule has 2 atom stereocenters. The van der Waals surface area contributed by atoms with Crippen LogP contribution in [0.2, 0.25) is 0 Å². The predicted octanol–water partition coefficient (Wildman–Crippen LogP) is 1.78. The second-order valence-electron chi connectivity index (χ2n) is 5.75. The highest BCUT2D eigenvalue weighted by Crippen LogP contribution is 2.39. The van der Waals surface area contributed by atoms with Gasteiger partial charge in [-0.2, -0.15) is 13.2 Å². The number of benzene rings is 1. The normalized spacial score (nSPS) is 22.5. The molecule has 1 aliphatic rings. The lowest BCUT2D eigenvalue weighted by atomic mass is 10.1. The van der Waals surface area contributed by atoms with Crippen molar-refractivity contribution in [1.29, 1.82) is 0 Å². The molecule has 0 aliphatic carbocycles. The van der Waals surface area contributed by atoms with E-state index in [1.807, 2.05) is 0 Å². The summed E-state index contributed by atoms with van der Waals surface area (Å²) < 4.78 is 63.3. The number of alkyl halides is 3. The zero-order chi connectivity index (χ0) is 18.3. The number of nitrogens with zero attached hydrogens (tertiary/aromatic N) is 2. The fourth-order valence-corrected chi connectivity index (χ4v) is 3.55. The summed E-state index contributed by atoms with van der Waals surface area (Å²) in [4.78, 5) is 11.1. The van der Waals surface area contributed by atoms with Crippen molar-refractivity contribution in [1.82, 2.24) is 5.32 Å². The summed E-state index contributed by atoms with van der Waals surface area (Å²) in [7, 11) is -3.51. The van der Waals surface area contributed by atoms with Crippen LogP contribution in [0.5, 0.6) is 0 Å². The van der Waals surface area contributed by atoms with E-state index in [1.165, 1.54) is 4.90 Å². The van der Waals surface area contributed by atoms with Gasteiger partial charge < -0.3 is 4.90 Å². The van der Waals surface area contributed by atoms with Crippen LogP contribution in [0.4, 0.5) is 24.5 Å². The number of hydrogen-bond donors (Lipinski definition) is 1. The van der Waals surface area contributed by atoms with E-state index < -0.39 is 37.6 Å². The van der Waals surface area contributed by atoms with E-state index >= 15 is 0 Å². The topological polar surface area (TPSA) is 92.5 Å². The van der Waals surface area contributed by atoms with Crippen LogP contribution in [0.1, 0.15) is 12.5 Å². The third-order valence-electron chi connectivity index (χ3n) is 3.70. The summed E-state index contributed by atoms with van der Waals surface area (Å²) in [5.41, 5.74) is -2.10. The SMILES string of the molecule is C[C@@H]1CN(c2ccc([N+](=O)[O-])cc2C(F)(F)F)C[C@H](S(C)(=O)=O)N1. The zero-order valence-corrected chi connectivity index (χ0v) is 13.7. The van der Waals surface area contributed by atoms with Crippen LogP contribution in [0.25, 0.3) is 0 Å². The second-order valence-corrected chi connectivity index (χ2v) is 7.98. The number of nitro benzene ring substituents is 1. The molecule has 1 saturated heterocycles. The quantitative estimate of drug-likeness (QED) is 0.647. The van der Waals surface area contributed by atoms with Crippen LogP contribution in [-0.2, 0) is 16.0 Å². The first kappa shape index (κ1) is 18.5. The molecule has 24 heavy (non-hydrogen) atoms. The molecule has 0 radical (unpaired) electrons. The average Bonchev–Trinajstić information content (AvgIpc) is 2.44. The van der Waals surface area contributed by atoms with Gasteiger partial charge in [0.2, 0.25) is 0 Å². The van der Waals surface area contributed by atoms with E-state index in [2.05, 4.69) is 5.32 Å². The van der Waals surface area contributed by atoms with Crippen LogP contribution in [-0.4, -0.2) is 44.1 Å². The fourth-order valence-electron chi connectivity index (χ4n) is 2.62. The molecule has 7 nitrogen and oxygen atoms in total. The van der Waals surface area contributed by atoms with Gasteiger partial charge in [-0.25, -0.2) is 8.42 Å². The summed E-state index contributed by atoms with van der Waals surface area (Å²) >= 11 is 0. The van der Waals surface area contributed by atoms with Crippen LogP contribution >= 0.6 is 0 Å². The Morgan fingerprint density at radius 3 is 2.46 bits per heavy atom. The number of sulfone groups is 1. The summed E-state index contributed by atoms with van der Waals surface area (Å²) in [5, 5.41) is 12.5. The Hall–Kier alpha value is -1.88. The van der Waals surface area contributed by atoms with Gasteiger partial charge in [0, 0.05) is 43.2 Å². The van der Waals surface area contributed by atoms with Gasteiger partial charge in [0.25, 0.3) is 5.69 Å². The van der Waals surface area contributed by atoms with E-state index in [4.69, 9.17) is 0 Å². The summed E-state index contributed by atoms with van der Waals surface area (Å²) in [6, 6.07) is 2.09. The molecule has 0 bridgehead atoms. The standard InChI is InChI=1S/C13H16F3N3O4S/c1-8-6-18(7-12(17-8)24(2,22)23)11-4-3-9(19(20)21)5-10(11)13(14,15)16/h3-5,8,12,17H,6-7H2,1-2H3/t8-,12+/m1/s1. The number of rotatable bonds is 3. The Morgan fingerprint density at radius 2 is 1.96 bits per heavy atom. The molecule has 11 heteroatoms. The zero-order valence-electron chi connectivity index (χ0n) is 12.9. The van der Waals surface area contributed by atoms with Crippen LogP contribution in [0, 0.1) is 10.1 Å². The first-order valence-corrected chi connectivity index (χ1v) is 8.90. The number of halogens is 3. The van der Waals surface area contributed by atoms with Gasteiger partial charge in [-0.3, -0.25) is 15.4 Å². The molecule has 0 amide bonds. The van der Waals surface area contributed by atoms with E-state index in [-0.39, 0.29) is 24.8 Å². The van der Waals surface area contributed by atoms with Crippen LogP contribution in [0.3, 0.4) is 0 Å². The highest BCUT2D eigenvalue weighted by molar-refractivity contribution is 7.91. The van der Waals surface area contributed by atoms with Gasteiger partial charge in [0.1, 0.15) is 5.37 Å². The third kappa shape index (κ3) is 3.96. The van der Waals surface area contributed by atoms with Crippen molar-refractivity contribution in [2.75, 3.05) is 24.2 Å². The largest absolute Gasteiger partial charge is 0.418 e. The van der Waals surface area contributed by atoms with Gasteiger partial charge in [0.05, 0.1) is 10.5 Å². The van der Waals surface area contributed by atoms with Gasteiger partial charge in [-0.15, -0.1) is 0 Å². The maximum atomic E-state index is 13.3. The molecule has 0 saturated carbocycles. The lowest BCUT2D eigenvalue weighted by Crippen LogP contribution is -2.58. The van der Waals surface area contributed by atoms with Gasteiger partial charge in [-0.05, 0) is 13.0 Å². The van der Waals surface area contributed by atoms with Gasteiger partial charge in [0.15, 0.2) is 9.84 Å². The molecular formula is C13H16F3N3O4S. The molecule has 1 N–H and O–H groups in total. The van der Waals surface area contributed by atoms with Crippen molar-refractivity contribution >= 4 is 21.2 Å². The summed E-state index contributed by atoms with van der Waals surface area (Å²) in [5.74, 6) is 0. The first-order chi connectivity index (χ1) is 10.9. The van der Waals surface area contributed by atoms with E-state index in [0.29, 0.717) is 6.07 Å². The highest BCUT2D eigenvalue weighted by Gasteiger charge is 2.39. The van der Waals surface area contributed by atoms with Crippen molar-refractivity contribution < 1.29 is 26.5 Å². The smallest absolute Gasteiger partial charge is 0.367 e. The molecule has 1 aliphatic heterocycles. The average molecular weight is 367 g/mol. The molecular weight excluding hydrogens is 351 g/mol. The molecule has 1 aromatic rings. The van der Waals surface area contributed by atoms with Crippen molar-refractivity contribution in [3.05, 3.63) is 33.9 Å². The van der Waals surface area contributed by atoms with Crippen LogP contribution < -0.4 is 10.2 Å². The van der Waals surface area contributed by atoms with Gasteiger partial charge >= 0.3 is 6.18 Å². The summed E-state index contributed by atoms with van der Waals surface area (Å²) in [6.07, 6.45) is -3.79. The maximum absolute atomic E-state index is 13.3. The Balaban J connectivity index is 2.48. The predicted molar refractivity (Wildman–Crippen MR) is 81.5 cm³/mol. The van der Waals surface area contributed by atoms with E-state index in [9.17, 15) is 31.7 Å². The lowest BCUT2D eigenvalue weighted by molar-refractivity contribution is -0.385. The number of hydrogen-bond acceptors (Lipinski definition) is 6. The Bertz CT molecular complexity index is 751. The van der Waals surface area contributed by atoms with Crippen molar-refractivity contribution in [3.63, 3.8) is 0 Å². The molecule has 1 heterocycles. The molecule has 0 unspecified atom stereocenters. The van der Waals surface area contributed by atoms with E-state index in [0.717, 1.165) is 18.4 Å². The Labute approximate surface area is 136 Å². The van der Waals surface area contributed by atoms with Crippen molar-refractivity contribution in [2.24, 2.45) is 0 Å². The lowest BCUT2D eigenvalue weighted by Gasteiger charge is -2.39. The number of nitro groups is 1. The highest BCUT2D eigenvalue weighted by atomic mass is 32.2. The van der Waals surface area contributed by atoms with Crippen molar-refractivity contribution in [2.45, 2.75) is 24.5 Å². The Kier molecular flexibility index (Phi) is 4.77. The minimum Gasteiger partial charge on any atom is -0.367 e. The molecule has 1 aromatic carbocycles. The molecule has 2 rings (SSSR count). The third-order valence-corrected chi connectivity index (χ3v) is 5.02. The minimum absolute atomic E-state index is 0.146. The van der Waals surface area contributed by atoms with Gasteiger partial charge in [-0.1, -0.05) is 0 Å². The van der Waals surface area contributed by atoms with E-state index in [1.54, 1.807) is 6.92 Å². The minimum atomic E-state index is -4.80. The number of nitrogens with one attached hydrogen (secondary N) is 1. The number of non-ortho nitro benzene ring substituents is 1. The van der Waals surface area contributed by atoms with Crippen molar-refractivity contribution in [3.8, 4) is 0 Å². The molecule has 0 aromatic heterocycles.